The number of hydrogen-bond acceptors (Lipinski definition) is 4. The fourth-order valence-electron chi connectivity index (χ4n) is 2.42. The lowest BCUT2D eigenvalue weighted by Crippen LogP contribution is -2.46. The molecule has 1 saturated heterocycles. The minimum Gasteiger partial charge on any atom is -0.372 e. The van der Waals surface area contributed by atoms with E-state index < -0.39 is 0 Å². The van der Waals surface area contributed by atoms with Gasteiger partial charge in [-0.15, -0.1) is 0 Å². The van der Waals surface area contributed by atoms with Crippen LogP contribution in [0.25, 0.3) is 0 Å². The van der Waals surface area contributed by atoms with Gasteiger partial charge in [0.05, 0.1) is 17.2 Å². The number of nitrogens with zero attached hydrogens (tertiary/aromatic N) is 2. The Morgan fingerprint density at radius 2 is 2.11 bits per heavy atom. The molecule has 19 heavy (non-hydrogen) atoms. The van der Waals surface area contributed by atoms with E-state index in [2.05, 4.69) is 36.0 Å². The molecule has 0 amide bonds. The number of rotatable bonds is 4. The predicted octanol–water partition coefficient (Wildman–Crippen LogP) is 2.46. The molecule has 1 aliphatic heterocycles. The summed E-state index contributed by atoms with van der Waals surface area (Å²) < 4.78 is 5.73. The van der Waals surface area contributed by atoms with E-state index >= 15 is 0 Å². The Morgan fingerprint density at radius 1 is 1.42 bits per heavy atom. The van der Waals surface area contributed by atoms with Crippen LogP contribution in [0.4, 0.5) is 5.82 Å². The number of anilines is 1. The molecule has 2 atom stereocenters. The first-order valence-electron chi connectivity index (χ1n) is 6.85. The highest BCUT2D eigenvalue weighted by Crippen LogP contribution is 2.26. The van der Waals surface area contributed by atoms with Gasteiger partial charge < -0.3 is 15.0 Å². The van der Waals surface area contributed by atoms with Gasteiger partial charge in [-0.05, 0) is 32.0 Å². The van der Waals surface area contributed by atoms with Crippen molar-refractivity contribution >= 4 is 17.4 Å². The van der Waals surface area contributed by atoms with E-state index in [0.717, 1.165) is 42.6 Å². The highest BCUT2D eigenvalue weighted by atomic mass is 35.5. The second-order valence-corrected chi connectivity index (χ2v) is 5.50. The number of nitrogens with one attached hydrogen (secondary N) is 1. The maximum Gasteiger partial charge on any atom is 0.147 e. The zero-order valence-corrected chi connectivity index (χ0v) is 12.6. The van der Waals surface area contributed by atoms with Crippen molar-refractivity contribution in [3.05, 3.63) is 22.8 Å². The number of aromatic nitrogens is 1. The van der Waals surface area contributed by atoms with Crippen LogP contribution >= 0.6 is 11.6 Å². The molecular weight excluding hydrogens is 262 g/mol. The van der Waals surface area contributed by atoms with Crippen molar-refractivity contribution in [2.75, 3.05) is 24.5 Å². The average Bonchev–Trinajstić information content (AvgIpc) is 2.35. The van der Waals surface area contributed by atoms with Crippen LogP contribution in [0.5, 0.6) is 0 Å². The number of halogens is 1. The lowest BCUT2D eigenvalue weighted by atomic mass is 10.2. The lowest BCUT2D eigenvalue weighted by molar-refractivity contribution is -0.00545. The largest absolute Gasteiger partial charge is 0.372 e. The summed E-state index contributed by atoms with van der Waals surface area (Å²) in [6.07, 6.45) is 2.32. The van der Waals surface area contributed by atoms with Gasteiger partial charge in [0.15, 0.2) is 0 Å². The molecule has 5 heteroatoms. The van der Waals surface area contributed by atoms with Gasteiger partial charge in [-0.3, -0.25) is 0 Å². The van der Waals surface area contributed by atoms with Gasteiger partial charge in [0.2, 0.25) is 0 Å². The molecule has 0 radical (unpaired) electrons. The van der Waals surface area contributed by atoms with E-state index in [4.69, 9.17) is 16.3 Å². The van der Waals surface area contributed by atoms with E-state index in [-0.39, 0.29) is 12.2 Å². The Labute approximate surface area is 120 Å². The van der Waals surface area contributed by atoms with Crippen LogP contribution < -0.4 is 10.2 Å². The summed E-state index contributed by atoms with van der Waals surface area (Å²) in [6.45, 7) is 9.66. The average molecular weight is 284 g/mol. The molecule has 0 aromatic carbocycles. The molecular formula is C14H22ClN3O. The van der Waals surface area contributed by atoms with Crippen LogP contribution in [-0.4, -0.2) is 36.8 Å². The van der Waals surface area contributed by atoms with Crippen molar-refractivity contribution in [2.45, 2.75) is 39.5 Å². The minimum atomic E-state index is 0.211. The van der Waals surface area contributed by atoms with Gasteiger partial charge in [-0.25, -0.2) is 4.98 Å². The summed E-state index contributed by atoms with van der Waals surface area (Å²) in [5, 5.41) is 3.99. The summed E-state index contributed by atoms with van der Waals surface area (Å²) >= 11 is 6.36. The molecule has 1 N–H and O–H groups in total. The molecule has 2 unspecified atom stereocenters. The minimum absolute atomic E-state index is 0.211. The Hall–Kier alpha value is -0.840. The fourth-order valence-corrected chi connectivity index (χ4v) is 2.73. The second-order valence-electron chi connectivity index (χ2n) is 5.09. The Bertz CT molecular complexity index is 417. The van der Waals surface area contributed by atoms with Gasteiger partial charge in [0, 0.05) is 25.8 Å². The Morgan fingerprint density at radius 3 is 2.68 bits per heavy atom. The number of ether oxygens (including phenoxy) is 1. The summed E-state index contributed by atoms with van der Waals surface area (Å²) in [6, 6.07) is 2.00. The highest BCUT2D eigenvalue weighted by Gasteiger charge is 2.24. The molecule has 0 saturated carbocycles. The highest BCUT2D eigenvalue weighted by molar-refractivity contribution is 6.33. The molecule has 1 aliphatic rings. The first-order valence-corrected chi connectivity index (χ1v) is 7.23. The van der Waals surface area contributed by atoms with Crippen molar-refractivity contribution in [1.29, 1.82) is 0 Å². The Kier molecular flexibility index (Phi) is 5.02. The number of pyridine rings is 1. The summed E-state index contributed by atoms with van der Waals surface area (Å²) in [5.74, 6) is 0.865. The molecule has 1 aromatic heterocycles. The molecule has 2 heterocycles. The van der Waals surface area contributed by atoms with Crippen LogP contribution in [0.15, 0.2) is 12.3 Å². The molecule has 2 rings (SSSR count). The molecule has 1 aromatic rings. The smallest absolute Gasteiger partial charge is 0.147 e. The first kappa shape index (κ1) is 14.6. The van der Waals surface area contributed by atoms with E-state index in [9.17, 15) is 0 Å². The third-order valence-corrected chi connectivity index (χ3v) is 3.45. The Balaban J connectivity index is 2.11. The zero-order valence-electron chi connectivity index (χ0n) is 11.8. The number of morpholine rings is 1. The quantitative estimate of drug-likeness (QED) is 0.921. The monoisotopic (exact) mass is 283 g/mol. The van der Waals surface area contributed by atoms with Crippen LogP contribution in [0.2, 0.25) is 5.02 Å². The lowest BCUT2D eigenvalue weighted by Gasteiger charge is -2.36. The zero-order chi connectivity index (χ0) is 13.8. The van der Waals surface area contributed by atoms with Gasteiger partial charge in [0.1, 0.15) is 5.82 Å². The SMILES string of the molecule is CCNCc1cnc(N2CC(C)OC(C)C2)c(Cl)c1. The third kappa shape index (κ3) is 3.81. The predicted molar refractivity (Wildman–Crippen MR) is 78.8 cm³/mol. The maximum absolute atomic E-state index is 6.36. The fraction of sp³-hybridized carbons (Fsp3) is 0.643. The van der Waals surface area contributed by atoms with Gasteiger partial charge >= 0.3 is 0 Å². The van der Waals surface area contributed by atoms with Crippen molar-refractivity contribution in [3.63, 3.8) is 0 Å². The first-order chi connectivity index (χ1) is 9.10. The van der Waals surface area contributed by atoms with E-state index in [0.29, 0.717) is 0 Å². The van der Waals surface area contributed by atoms with Gasteiger partial charge in [0.25, 0.3) is 0 Å². The van der Waals surface area contributed by atoms with Crippen molar-refractivity contribution < 1.29 is 4.74 Å². The second kappa shape index (κ2) is 6.55. The molecule has 1 fully saturated rings. The van der Waals surface area contributed by atoms with Crippen LogP contribution in [-0.2, 0) is 11.3 Å². The van der Waals surface area contributed by atoms with Crippen molar-refractivity contribution in [1.82, 2.24) is 10.3 Å². The molecule has 0 aliphatic carbocycles. The standard InChI is InChI=1S/C14H22ClN3O/c1-4-16-6-12-5-13(15)14(17-7-12)18-8-10(2)19-11(3)9-18/h5,7,10-11,16H,4,6,8-9H2,1-3H3. The molecule has 106 valence electrons. The van der Waals surface area contributed by atoms with Gasteiger partial charge in [-0.1, -0.05) is 18.5 Å². The molecule has 0 bridgehead atoms. The molecule has 4 nitrogen and oxygen atoms in total. The molecule has 0 spiro atoms. The third-order valence-electron chi connectivity index (χ3n) is 3.18. The summed E-state index contributed by atoms with van der Waals surface area (Å²) in [5.41, 5.74) is 1.12. The summed E-state index contributed by atoms with van der Waals surface area (Å²) in [4.78, 5) is 6.73. The normalized spacial score (nSPS) is 23.7. The van der Waals surface area contributed by atoms with Crippen LogP contribution in [0, 0.1) is 0 Å². The summed E-state index contributed by atoms with van der Waals surface area (Å²) in [7, 11) is 0. The van der Waals surface area contributed by atoms with E-state index in [1.807, 2.05) is 12.3 Å². The van der Waals surface area contributed by atoms with E-state index in [1.165, 1.54) is 0 Å². The number of hydrogen-bond donors (Lipinski definition) is 1. The van der Waals surface area contributed by atoms with Crippen molar-refractivity contribution in [2.24, 2.45) is 0 Å². The van der Waals surface area contributed by atoms with Gasteiger partial charge in [-0.2, -0.15) is 0 Å². The van der Waals surface area contributed by atoms with Crippen LogP contribution in [0.3, 0.4) is 0 Å². The van der Waals surface area contributed by atoms with Crippen molar-refractivity contribution in [3.8, 4) is 0 Å². The van der Waals surface area contributed by atoms with E-state index in [1.54, 1.807) is 0 Å². The van der Waals surface area contributed by atoms with Crippen LogP contribution in [0.1, 0.15) is 26.3 Å². The topological polar surface area (TPSA) is 37.4 Å². The maximum atomic E-state index is 6.36.